The van der Waals surface area contributed by atoms with Gasteiger partial charge in [0.15, 0.2) is 0 Å². The summed E-state index contributed by atoms with van der Waals surface area (Å²) in [5.74, 6) is -5.18. The number of allylic oxidation sites excluding steroid dienone is 2. The minimum atomic E-state index is -4.28. The van der Waals surface area contributed by atoms with Crippen LogP contribution >= 0.6 is 7.37 Å². The first-order valence-corrected chi connectivity index (χ1v) is 12.0. The van der Waals surface area contributed by atoms with Gasteiger partial charge in [0.2, 0.25) is 17.7 Å². The summed E-state index contributed by atoms with van der Waals surface area (Å²) in [5.41, 5.74) is 0.379. The van der Waals surface area contributed by atoms with Gasteiger partial charge in [-0.1, -0.05) is 48.6 Å². The van der Waals surface area contributed by atoms with Crippen LogP contribution in [0, 0.1) is 5.92 Å². The van der Waals surface area contributed by atoms with Gasteiger partial charge >= 0.3 is 11.9 Å². The summed E-state index contributed by atoms with van der Waals surface area (Å²) in [5, 5.41) is 21.1. The summed E-state index contributed by atoms with van der Waals surface area (Å²) in [6.45, 7) is 0. The Labute approximate surface area is 174 Å². The number of carboxylic acid groups (broad SMARTS) is 2. The van der Waals surface area contributed by atoms with Crippen LogP contribution in [0.15, 0.2) is 54.6 Å². The number of rotatable bonds is 10. The highest BCUT2D eigenvalue weighted by Crippen LogP contribution is 2.55. The summed E-state index contributed by atoms with van der Waals surface area (Å²) < 4.78 is 36.3. The van der Waals surface area contributed by atoms with Crippen molar-refractivity contribution in [1.82, 2.24) is 5.32 Å². The van der Waals surface area contributed by atoms with Gasteiger partial charge in [-0.2, -0.15) is 8.42 Å². The molecule has 0 saturated heterocycles. The van der Waals surface area contributed by atoms with Gasteiger partial charge in [0, 0.05) is 12.6 Å². The molecule has 30 heavy (non-hydrogen) atoms. The van der Waals surface area contributed by atoms with Crippen LogP contribution in [0.25, 0.3) is 0 Å². The van der Waals surface area contributed by atoms with Crippen LogP contribution in [0.5, 0.6) is 0 Å². The van der Waals surface area contributed by atoms with E-state index in [2.05, 4.69) is 5.32 Å². The molecular weight excluding hydrogens is 433 g/mol. The number of carbonyl (C=O) groups is 2. The fourth-order valence-corrected chi connectivity index (χ4v) is 5.84. The molecule has 0 spiro atoms. The van der Waals surface area contributed by atoms with Crippen molar-refractivity contribution in [3.63, 3.8) is 0 Å². The van der Waals surface area contributed by atoms with E-state index < -0.39 is 59.9 Å². The molecular formula is C19H22NO8PS. The molecule has 1 aliphatic carbocycles. The number of benzene rings is 1. The highest BCUT2D eigenvalue weighted by molar-refractivity contribution is 7.73. The summed E-state index contributed by atoms with van der Waals surface area (Å²) in [7, 11) is -6.85. The van der Waals surface area contributed by atoms with Gasteiger partial charge in [0.05, 0.1) is 16.8 Å². The second kappa shape index (κ2) is 10.5. The summed E-state index contributed by atoms with van der Waals surface area (Å²) in [6, 6.07) is 7.23. The fourth-order valence-electron chi connectivity index (χ4n) is 3.08. The van der Waals surface area contributed by atoms with Crippen molar-refractivity contribution in [3.05, 3.63) is 60.2 Å². The molecule has 1 aromatic rings. The van der Waals surface area contributed by atoms with Gasteiger partial charge in [-0.25, -0.2) is 0 Å². The lowest BCUT2D eigenvalue weighted by molar-refractivity contribution is -0.142. The van der Waals surface area contributed by atoms with E-state index >= 15 is 0 Å². The Hall–Kier alpha value is -2.52. The third kappa shape index (κ3) is 6.50. The summed E-state index contributed by atoms with van der Waals surface area (Å²) >= 11 is 0. The van der Waals surface area contributed by atoms with E-state index in [-0.39, 0.29) is 11.3 Å². The van der Waals surface area contributed by atoms with E-state index in [4.69, 9.17) is 5.11 Å². The molecule has 1 aromatic carbocycles. The molecule has 4 N–H and O–H groups in total. The first-order chi connectivity index (χ1) is 14.1. The number of hydrogen-bond donors (Lipinski definition) is 4. The first-order valence-electron chi connectivity index (χ1n) is 9.00. The second-order valence-electron chi connectivity index (χ2n) is 6.74. The van der Waals surface area contributed by atoms with Crippen molar-refractivity contribution in [3.8, 4) is 0 Å². The minimum absolute atomic E-state index is 0.0286. The normalized spacial score (nSPS) is 19.6. The lowest BCUT2D eigenvalue weighted by atomic mass is 10.1. The SMILES string of the molecule is O=C(O)CCC(CP(=O)(O)C(NC1C=CC=CC1=S(=O)=O)c1ccccc1)C(=O)O. The zero-order chi connectivity index (χ0) is 22.3. The number of nitrogens with one attached hydrogen (secondary N) is 1. The molecule has 162 valence electrons. The minimum Gasteiger partial charge on any atom is -0.481 e. The van der Waals surface area contributed by atoms with Crippen LogP contribution in [-0.2, 0) is 24.4 Å². The van der Waals surface area contributed by atoms with Gasteiger partial charge < -0.3 is 15.1 Å². The zero-order valence-electron chi connectivity index (χ0n) is 15.8. The maximum atomic E-state index is 13.3. The Bertz CT molecular complexity index is 1020. The fraction of sp³-hybridized carbons (Fsp3) is 0.316. The van der Waals surface area contributed by atoms with Crippen LogP contribution in [0.3, 0.4) is 0 Å². The van der Waals surface area contributed by atoms with Crippen LogP contribution in [0.2, 0.25) is 0 Å². The largest absolute Gasteiger partial charge is 0.481 e. The molecule has 9 nitrogen and oxygen atoms in total. The van der Waals surface area contributed by atoms with Crippen molar-refractivity contribution in [2.75, 3.05) is 6.16 Å². The highest BCUT2D eigenvalue weighted by Gasteiger charge is 2.38. The maximum absolute atomic E-state index is 13.3. The molecule has 4 unspecified atom stereocenters. The number of hydrogen-bond acceptors (Lipinski definition) is 6. The molecule has 1 aliphatic rings. The Morgan fingerprint density at radius 1 is 1.13 bits per heavy atom. The predicted octanol–water partition coefficient (Wildman–Crippen LogP) is 1.66. The van der Waals surface area contributed by atoms with Gasteiger partial charge in [-0.3, -0.25) is 19.5 Å². The average Bonchev–Trinajstić information content (AvgIpc) is 2.69. The maximum Gasteiger partial charge on any atom is 0.307 e. The molecule has 0 aromatic heterocycles. The third-order valence-corrected chi connectivity index (χ3v) is 7.56. The quantitative estimate of drug-likeness (QED) is 0.304. The number of aliphatic carboxylic acids is 2. The molecule has 0 bridgehead atoms. The van der Waals surface area contributed by atoms with E-state index in [1.807, 2.05) is 0 Å². The van der Waals surface area contributed by atoms with Gasteiger partial charge in [0.1, 0.15) is 5.78 Å². The molecule has 4 atom stereocenters. The van der Waals surface area contributed by atoms with Gasteiger partial charge in [-0.05, 0) is 18.1 Å². The topological polar surface area (TPSA) is 158 Å². The van der Waals surface area contributed by atoms with Crippen molar-refractivity contribution in [2.24, 2.45) is 5.92 Å². The van der Waals surface area contributed by atoms with Crippen molar-refractivity contribution < 1.29 is 37.7 Å². The van der Waals surface area contributed by atoms with Crippen LogP contribution in [0.4, 0.5) is 0 Å². The summed E-state index contributed by atoms with van der Waals surface area (Å²) in [4.78, 5) is 33.1. The molecule has 0 fully saturated rings. The second-order valence-corrected chi connectivity index (χ2v) is 10.1. The van der Waals surface area contributed by atoms with Gasteiger partial charge in [-0.15, -0.1) is 0 Å². The van der Waals surface area contributed by atoms with Crippen molar-refractivity contribution >= 4 is 34.5 Å². The van der Waals surface area contributed by atoms with Crippen molar-refractivity contribution in [2.45, 2.75) is 24.7 Å². The Morgan fingerprint density at radius 2 is 1.80 bits per heavy atom. The molecule has 0 amide bonds. The predicted molar refractivity (Wildman–Crippen MR) is 111 cm³/mol. The zero-order valence-corrected chi connectivity index (χ0v) is 17.5. The monoisotopic (exact) mass is 455 g/mol. The Balaban J connectivity index is 2.38. The van der Waals surface area contributed by atoms with E-state index in [0.29, 0.717) is 5.56 Å². The lowest BCUT2D eigenvalue weighted by Crippen LogP contribution is -2.39. The first kappa shape index (κ1) is 23.8. The Morgan fingerprint density at radius 3 is 2.37 bits per heavy atom. The molecule has 2 rings (SSSR count). The average molecular weight is 455 g/mol. The van der Waals surface area contributed by atoms with Crippen molar-refractivity contribution in [1.29, 1.82) is 0 Å². The highest BCUT2D eigenvalue weighted by atomic mass is 32.2. The van der Waals surface area contributed by atoms with Crippen LogP contribution in [-0.4, -0.2) is 52.5 Å². The molecule has 0 radical (unpaired) electrons. The molecule has 11 heteroatoms. The summed E-state index contributed by atoms with van der Waals surface area (Å²) in [6.07, 6.45) is 4.56. The Kier molecular flexibility index (Phi) is 8.31. The number of carboxylic acids is 2. The molecule has 0 saturated carbocycles. The third-order valence-electron chi connectivity index (χ3n) is 4.57. The lowest BCUT2D eigenvalue weighted by Gasteiger charge is -2.30. The van der Waals surface area contributed by atoms with E-state index in [1.54, 1.807) is 36.4 Å². The van der Waals surface area contributed by atoms with E-state index in [0.717, 1.165) is 0 Å². The van der Waals surface area contributed by atoms with Gasteiger partial charge in [0.25, 0.3) is 0 Å². The molecule has 0 aliphatic heterocycles. The van der Waals surface area contributed by atoms with E-state index in [9.17, 15) is 32.6 Å². The smallest absolute Gasteiger partial charge is 0.307 e. The van der Waals surface area contributed by atoms with Crippen LogP contribution in [0.1, 0.15) is 24.2 Å². The van der Waals surface area contributed by atoms with E-state index in [1.165, 1.54) is 18.2 Å². The van der Waals surface area contributed by atoms with Crippen LogP contribution < -0.4 is 5.32 Å². The standard InChI is InChI=1S/C19H22NO8PS/c21-17(22)11-10-14(19(23)24)12-29(25,26)18(13-6-2-1-3-7-13)20-15-8-4-5-9-16(15)30(27)28/h1-9,14-15,18,20H,10-12H2,(H,21,22)(H,23,24)(H,25,26). The molecule has 0 heterocycles.